The van der Waals surface area contributed by atoms with Crippen molar-refractivity contribution in [3.63, 3.8) is 0 Å². The lowest BCUT2D eigenvalue weighted by atomic mass is 10.2. The minimum Gasteiger partial charge on any atom is -0.388 e. The molecule has 0 spiro atoms. The molecular formula is C10H16FN. The maximum absolute atomic E-state index is 12.6. The number of anilines is 1. The summed E-state index contributed by atoms with van der Waals surface area (Å²) in [4.78, 5) is 0. The number of rotatable bonds is 1. The first-order valence-corrected chi connectivity index (χ1v) is 4.18. The Labute approximate surface area is 73.6 Å². The Kier molecular flexibility index (Phi) is 5.09. The topological polar surface area (TPSA) is 12.0 Å². The van der Waals surface area contributed by atoms with E-state index in [9.17, 15) is 4.39 Å². The second-order valence-corrected chi connectivity index (χ2v) is 2.21. The molecule has 1 rings (SSSR count). The van der Waals surface area contributed by atoms with Crippen LogP contribution in [-0.4, -0.2) is 7.05 Å². The van der Waals surface area contributed by atoms with E-state index in [1.165, 1.54) is 6.07 Å². The Bertz CT molecular complexity index is 233. The SMILES string of the molecule is CC.CNc1ccc(F)c(C)c1. The molecule has 0 atom stereocenters. The van der Waals surface area contributed by atoms with E-state index in [0.717, 1.165) is 5.69 Å². The van der Waals surface area contributed by atoms with Gasteiger partial charge in [-0.15, -0.1) is 0 Å². The Morgan fingerprint density at radius 1 is 1.25 bits per heavy atom. The van der Waals surface area contributed by atoms with Crippen molar-refractivity contribution in [2.45, 2.75) is 20.8 Å². The van der Waals surface area contributed by atoms with Crippen molar-refractivity contribution < 1.29 is 4.39 Å². The van der Waals surface area contributed by atoms with Gasteiger partial charge in [0.1, 0.15) is 5.82 Å². The monoisotopic (exact) mass is 169 g/mol. The molecule has 1 aromatic rings. The van der Waals surface area contributed by atoms with Crippen molar-refractivity contribution >= 4 is 5.69 Å². The minimum atomic E-state index is -0.154. The van der Waals surface area contributed by atoms with Crippen LogP contribution in [0.15, 0.2) is 18.2 Å². The molecular weight excluding hydrogens is 153 g/mol. The van der Waals surface area contributed by atoms with Gasteiger partial charge in [0.25, 0.3) is 0 Å². The summed E-state index contributed by atoms with van der Waals surface area (Å²) < 4.78 is 12.6. The second kappa shape index (κ2) is 5.58. The van der Waals surface area contributed by atoms with Gasteiger partial charge in [0.2, 0.25) is 0 Å². The van der Waals surface area contributed by atoms with Gasteiger partial charge >= 0.3 is 0 Å². The van der Waals surface area contributed by atoms with Crippen molar-refractivity contribution in [2.75, 3.05) is 12.4 Å². The highest BCUT2D eigenvalue weighted by Crippen LogP contribution is 2.12. The fourth-order valence-corrected chi connectivity index (χ4v) is 0.800. The van der Waals surface area contributed by atoms with Crippen LogP contribution in [0.1, 0.15) is 19.4 Å². The second-order valence-electron chi connectivity index (χ2n) is 2.21. The summed E-state index contributed by atoms with van der Waals surface area (Å²) in [5.41, 5.74) is 1.62. The molecule has 0 saturated carbocycles. The van der Waals surface area contributed by atoms with Crippen LogP contribution in [0.5, 0.6) is 0 Å². The van der Waals surface area contributed by atoms with Gasteiger partial charge in [-0.1, -0.05) is 13.8 Å². The van der Waals surface area contributed by atoms with Crippen LogP contribution in [0.25, 0.3) is 0 Å². The minimum absolute atomic E-state index is 0.154. The maximum Gasteiger partial charge on any atom is 0.126 e. The molecule has 0 aliphatic heterocycles. The van der Waals surface area contributed by atoms with E-state index in [4.69, 9.17) is 0 Å². The van der Waals surface area contributed by atoms with Gasteiger partial charge in [0.05, 0.1) is 0 Å². The summed E-state index contributed by atoms with van der Waals surface area (Å²) in [7, 11) is 1.81. The molecule has 0 aliphatic carbocycles. The van der Waals surface area contributed by atoms with E-state index in [2.05, 4.69) is 5.32 Å². The van der Waals surface area contributed by atoms with Gasteiger partial charge in [-0.3, -0.25) is 0 Å². The zero-order valence-corrected chi connectivity index (χ0v) is 8.11. The number of aryl methyl sites for hydroxylation is 1. The highest BCUT2D eigenvalue weighted by atomic mass is 19.1. The summed E-state index contributed by atoms with van der Waals surface area (Å²) in [5.74, 6) is -0.154. The molecule has 0 bridgehead atoms. The van der Waals surface area contributed by atoms with Crippen LogP contribution < -0.4 is 5.32 Å². The van der Waals surface area contributed by atoms with Gasteiger partial charge in [-0.25, -0.2) is 4.39 Å². The van der Waals surface area contributed by atoms with E-state index in [1.54, 1.807) is 19.1 Å². The summed E-state index contributed by atoms with van der Waals surface area (Å²) >= 11 is 0. The van der Waals surface area contributed by atoms with Crippen LogP contribution in [0, 0.1) is 12.7 Å². The van der Waals surface area contributed by atoms with Gasteiger partial charge in [-0.2, -0.15) is 0 Å². The summed E-state index contributed by atoms with van der Waals surface area (Å²) in [6.07, 6.45) is 0. The van der Waals surface area contributed by atoms with Gasteiger partial charge in [0.15, 0.2) is 0 Å². The van der Waals surface area contributed by atoms with Crippen molar-refractivity contribution in [3.8, 4) is 0 Å². The highest BCUT2D eigenvalue weighted by molar-refractivity contribution is 5.45. The highest BCUT2D eigenvalue weighted by Gasteiger charge is 1.95. The van der Waals surface area contributed by atoms with Crippen molar-refractivity contribution in [3.05, 3.63) is 29.6 Å². The van der Waals surface area contributed by atoms with Gasteiger partial charge < -0.3 is 5.32 Å². The van der Waals surface area contributed by atoms with E-state index in [0.29, 0.717) is 5.56 Å². The first-order chi connectivity index (χ1) is 5.74. The predicted octanol–water partition coefficient (Wildman–Crippen LogP) is 3.20. The fraction of sp³-hybridized carbons (Fsp3) is 0.400. The molecule has 0 aromatic heterocycles. The molecule has 0 saturated heterocycles. The molecule has 1 nitrogen and oxygen atoms in total. The van der Waals surface area contributed by atoms with E-state index < -0.39 is 0 Å². The third-order valence-electron chi connectivity index (χ3n) is 1.45. The van der Waals surface area contributed by atoms with Crippen molar-refractivity contribution in [1.29, 1.82) is 0 Å². The molecule has 12 heavy (non-hydrogen) atoms. The number of nitrogens with one attached hydrogen (secondary N) is 1. The Morgan fingerprint density at radius 2 is 1.83 bits per heavy atom. The lowest BCUT2D eigenvalue weighted by molar-refractivity contribution is 0.619. The first-order valence-electron chi connectivity index (χ1n) is 4.18. The van der Waals surface area contributed by atoms with Crippen LogP contribution in [-0.2, 0) is 0 Å². The predicted molar refractivity (Wildman–Crippen MR) is 52.0 cm³/mol. The summed E-state index contributed by atoms with van der Waals surface area (Å²) in [6, 6.07) is 4.94. The maximum atomic E-state index is 12.6. The Balaban J connectivity index is 0.000000561. The number of hydrogen-bond acceptors (Lipinski definition) is 1. The van der Waals surface area contributed by atoms with Crippen LogP contribution in [0.3, 0.4) is 0 Å². The zero-order valence-electron chi connectivity index (χ0n) is 8.11. The van der Waals surface area contributed by atoms with Crippen molar-refractivity contribution in [2.24, 2.45) is 0 Å². The quantitative estimate of drug-likeness (QED) is 0.680. The van der Waals surface area contributed by atoms with Crippen LogP contribution in [0.2, 0.25) is 0 Å². The van der Waals surface area contributed by atoms with E-state index in [-0.39, 0.29) is 5.82 Å². The fourth-order valence-electron chi connectivity index (χ4n) is 0.800. The smallest absolute Gasteiger partial charge is 0.126 e. The van der Waals surface area contributed by atoms with Gasteiger partial charge in [0, 0.05) is 12.7 Å². The third kappa shape index (κ3) is 2.91. The molecule has 0 unspecified atom stereocenters. The molecule has 0 amide bonds. The third-order valence-corrected chi connectivity index (χ3v) is 1.45. The largest absolute Gasteiger partial charge is 0.388 e. The Morgan fingerprint density at radius 3 is 2.25 bits per heavy atom. The van der Waals surface area contributed by atoms with E-state index >= 15 is 0 Å². The van der Waals surface area contributed by atoms with Gasteiger partial charge in [-0.05, 0) is 30.7 Å². The lowest BCUT2D eigenvalue weighted by Gasteiger charge is -2.00. The average Bonchev–Trinajstić information content (AvgIpc) is 2.13. The molecule has 0 fully saturated rings. The first kappa shape index (κ1) is 11.0. The Hall–Kier alpha value is -1.05. The molecule has 2 heteroatoms. The lowest BCUT2D eigenvalue weighted by Crippen LogP contribution is -1.89. The number of benzene rings is 1. The average molecular weight is 169 g/mol. The molecule has 0 radical (unpaired) electrons. The number of halogens is 1. The van der Waals surface area contributed by atoms with E-state index in [1.807, 2.05) is 20.9 Å². The standard InChI is InChI=1S/C8H10FN.C2H6/c1-6-5-7(10-2)3-4-8(6)9;1-2/h3-5,10H,1-2H3;1-2H3. The molecule has 0 aliphatic rings. The summed E-state index contributed by atoms with van der Waals surface area (Å²) in [5, 5.41) is 2.93. The molecule has 1 aromatic carbocycles. The molecule has 0 heterocycles. The number of hydrogen-bond donors (Lipinski definition) is 1. The molecule has 68 valence electrons. The van der Waals surface area contributed by atoms with Crippen LogP contribution >= 0.6 is 0 Å². The van der Waals surface area contributed by atoms with Crippen LogP contribution in [0.4, 0.5) is 10.1 Å². The molecule has 1 N–H and O–H groups in total. The van der Waals surface area contributed by atoms with Crippen molar-refractivity contribution in [1.82, 2.24) is 0 Å². The summed E-state index contributed by atoms with van der Waals surface area (Å²) in [6.45, 7) is 5.75. The normalized spacial score (nSPS) is 8.42. The zero-order chi connectivity index (χ0) is 9.56.